The number of ether oxygens (including phenoxy) is 6. The van der Waals surface area contributed by atoms with Crippen molar-refractivity contribution in [1.82, 2.24) is 10.6 Å². The molecular weight excluding hydrogens is 700 g/mol. The van der Waals surface area contributed by atoms with Crippen molar-refractivity contribution in [1.29, 1.82) is 0 Å². The molecule has 14 nitrogen and oxygen atoms in total. The molecule has 54 heavy (non-hydrogen) atoms. The van der Waals surface area contributed by atoms with Crippen molar-refractivity contribution in [2.45, 2.75) is 105 Å². The fourth-order valence-electron chi connectivity index (χ4n) is 3.82. The number of hydrogen-bond donors (Lipinski definition) is 6. The number of carboxylic acids is 2. The molecule has 0 fully saturated rings. The largest absolute Gasteiger partial charge is 0.491 e. The van der Waals surface area contributed by atoms with Crippen molar-refractivity contribution in [3.63, 3.8) is 0 Å². The monoisotopic (exact) mass is 766 g/mol. The molecule has 0 amide bonds. The van der Waals surface area contributed by atoms with Crippen molar-refractivity contribution >= 4 is 11.9 Å². The SMILES string of the molecule is CC(C)NC[C@H](O)COc1ccc(COCCOC(C)C)cc1.CC(C)NC[C@H](O)COc1ccc(COCCOC(C)C)cc1.O=C(O)/C=C/C(=O)O. The fourth-order valence-corrected chi connectivity index (χ4v) is 3.82. The van der Waals surface area contributed by atoms with Gasteiger partial charge < -0.3 is 59.5 Å². The zero-order chi connectivity index (χ0) is 40.7. The lowest BCUT2D eigenvalue weighted by Gasteiger charge is -2.15. The second kappa shape index (κ2) is 31.7. The van der Waals surface area contributed by atoms with Gasteiger partial charge in [-0.1, -0.05) is 52.0 Å². The maximum Gasteiger partial charge on any atom is 0.328 e. The molecule has 14 heteroatoms. The van der Waals surface area contributed by atoms with Crippen LogP contribution in [0.1, 0.15) is 66.5 Å². The van der Waals surface area contributed by atoms with Crippen molar-refractivity contribution < 1.29 is 58.4 Å². The Balaban J connectivity index is 0.000000867. The van der Waals surface area contributed by atoms with E-state index in [9.17, 15) is 19.8 Å². The Labute approximate surface area is 321 Å². The molecule has 2 atom stereocenters. The van der Waals surface area contributed by atoms with Gasteiger partial charge >= 0.3 is 11.9 Å². The summed E-state index contributed by atoms with van der Waals surface area (Å²) < 4.78 is 33.1. The van der Waals surface area contributed by atoms with E-state index >= 15 is 0 Å². The van der Waals surface area contributed by atoms with Gasteiger partial charge in [0, 0.05) is 37.3 Å². The second-order valence-corrected chi connectivity index (χ2v) is 13.3. The Morgan fingerprint density at radius 3 is 1.19 bits per heavy atom. The summed E-state index contributed by atoms with van der Waals surface area (Å²) in [4.78, 5) is 19.1. The highest BCUT2D eigenvalue weighted by molar-refractivity contribution is 5.89. The normalized spacial score (nSPS) is 12.3. The standard InChI is InChI=1S/2C18H31NO4.C4H4O4/c2*1-14(2)19-11-17(20)13-23-18-7-5-16(6-8-18)12-21-9-10-22-15(3)4;5-3(6)1-2-4(7)8/h2*5-8,14-15,17,19-20H,9-13H2,1-4H3;1-2H,(H,5,6)(H,7,8)/b;;2-1+/t2*17-;/m00./s1. The Bertz CT molecular complexity index is 1140. The van der Waals surface area contributed by atoms with Crippen molar-refractivity contribution in [2.24, 2.45) is 0 Å². The summed E-state index contributed by atoms with van der Waals surface area (Å²) in [6.45, 7) is 21.4. The summed E-state index contributed by atoms with van der Waals surface area (Å²) in [6.07, 6.45) is 0.565. The van der Waals surface area contributed by atoms with Crippen molar-refractivity contribution in [3.05, 3.63) is 71.8 Å². The van der Waals surface area contributed by atoms with E-state index < -0.39 is 24.1 Å². The van der Waals surface area contributed by atoms with Crippen molar-refractivity contribution in [3.8, 4) is 11.5 Å². The molecular formula is C40H66N2O12. The van der Waals surface area contributed by atoms with Crippen LogP contribution in [0.5, 0.6) is 11.5 Å². The van der Waals surface area contributed by atoms with Gasteiger partial charge in [-0.05, 0) is 63.1 Å². The minimum absolute atomic E-state index is 0.237. The highest BCUT2D eigenvalue weighted by Gasteiger charge is 2.07. The summed E-state index contributed by atoms with van der Waals surface area (Å²) >= 11 is 0. The zero-order valence-electron chi connectivity index (χ0n) is 33.4. The summed E-state index contributed by atoms with van der Waals surface area (Å²) in [5.74, 6) is -1.01. The van der Waals surface area contributed by atoms with Crippen LogP contribution in [0.25, 0.3) is 0 Å². The summed E-state index contributed by atoms with van der Waals surface area (Å²) in [6, 6.07) is 16.2. The summed E-state index contributed by atoms with van der Waals surface area (Å²) in [5.41, 5.74) is 2.17. The van der Waals surface area contributed by atoms with E-state index in [2.05, 4.69) is 10.6 Å². The third kappa shape index (κ3) is 33.0. The molecule has 6 N–H and O–H groups in total. The van der Waals surface area contributed by atoms with E-state index in [1.807, 2.05) is 104 Å². The number of carboxylic acid groups (broad SMARTS) is 2. The molecule has 2 aromatic carbocycles. The van der Waals surface area contributed by atoms with Gasteiger partial charge in [0.15, 0.2) is 0 Å². The number of aliphatic hydroxyl groups is 2. The fraction of sp³-hybridized carbons (Fsp3) is 0.600. The summed E-state index contributed by atoms with van der Waals surface area (Å²) in [7, 11) is 0. The van der Waals surface area contributed by atoms with E-state index in [-0.39, 0.29) is 25.4 Å². The van der Waals surface area contributed by atoms with E-state index in [0.717, 1.165) is 22.6 Å². The number of aliphatic carboxylic acids is 2. The van der Waals surface area contributed by atoms with Crippen LogP contribution in [-0.2, 0) is 41.8 Å². The van der Waals surface area contributed by atoms with Gasteiger partial charge in [-0.3, -0.25) is 0 Å². The molecule has 0 saturated carbocycles. The molecule has 0 bridgehead atoms. The molecule has 2 aromatic rings. The third-order valence-electron chi connectivity index (χ3n) is 6.52. The molecule has 0 saturated heterocycles. The molecule has 2 rings (SSSR count). The molecule has 0 radical (unpaired) electrons. The highest BCUT2D eigenvalue weighted by Crippen LogP contribution is 2.14. The number of nitrogens with one attached hydrogen (secondary N) is 2. The first-order valence-corrected chi connectivity index (χ1v) is 18.4. The van der Waals surface area contributed by atoms with Crippen molar-refractivity contribution in [2.75, 3.05) is 52.7 Å². The lowest BCUT2D eigenvalue weighted by molar-refractivity contribution is -0.134. The second-order valence-electron chi connectivity index (χ2n) is 13.3. The molecule has 0 heterocycles. The predicted octanol–water partition coefficient (Wildman–Crippen LogP) is 4.44. The number of hydrogen-bond acceptors (Lipinski definition) is 12. The zero-order valence-corrected chi connectivity index (χ0v) is 33.4. The van der Waals surface area contributed by atoms with Crippen LogP contribution in [0, 0.1) is 0 Å². The first-order valence-electron chi connectivity index (χ1n) is 18.4. The smallest absolute Gasteiger partial charge is 0.328 e. The van der Waals surface area contributed by atoms with Gasteiger partial charge in [0.05, 0.1) is 51.8 Å². The van der Waals surface area contributed by atoms with Gasteiger partial charge in [-0.2, -0.15) is 0 Å². The molecule has 0 aliphatic rings. The maximum atomic E-state index is 9.80. The molecule has 308 valence electrons. The maximum absolute atomic E-state index is 9.80. The lowest BCUT2D eigenvalue weighted by atomic mass is 10.2. The van der Waals surface area contributed by atoms with Crippen LogP contribution in [0.3, 0.4) is 0 Å². The molecule has 0 aliphatic carbocycles. The van der Waals surface area contributed by atoms with Gasteiger partial charge in [-0.25, -0.2) is 9.59 Å². The Morgan fingerprint density at radius 2 is 0.907 bits per heavy atom. The Kier molecular flexibility index (Phi) is 29.6. The van der Waals surface area contributed by atoms with Crippen LogP contribution < -0.4 is 20.1 Å². The summed E-state index contributed by atoms with van der Waals surface area (Å²) in [5, 5.41) is 41.6. The number of carbonyl (C=O) groups is 2. The van der Waals surface area contributed by atoms with Gasteiger partial charge in [0.1, 0.15) is 36.9 Å². The number of aliphatic hydroxyl groups excluding tert-OH is 2. The van der Waals surface area contributed by atoms with Crippen LogP contribution in [0.15, 0.2) is 60.7 Å². The van der Waals surface area contributed by atoms with Crippen LogP contribution in [-0.4, -0.2) is 122 Å². The molecule has 0 aliphatic heterocycles. The molecule has 0 aromatic heterocycles. The third-order valence-corrected chi connectivity index (χ3v) is 6.52. The average Bonchev–Trinajstić information content (AvgIpc) is 3.11. The van der Waals surface area contributed by atoms with E-state index in [1.54, 1.807) is 0 Å². The van der Waals surface area contributed by atoms with Crippen LogP contribution in [0.2, 0.25) is 0 Å². The average molecular weight is 767 g/mol. The van der Waals surface area contributed by atoms with E-state index in [1.165, 1.54) is 0 Å². The highest BCUT2D eigenvalue weighted by atomic mass is 16.5. The minimum Gasteiger partial charge on any atom is -0.491 e. The number of benzene rings is 2. The van der Waals surface area contributed by atoms with E-state index in [4.69, 9.17) is 38.6 Å². The molecule has 0 unspecified atom stereocenters. The Hall–Kier alpha value is -3.60. The first-order chi connectivity index (χ1) is 25.6. The van der Waals surface area contributed by atoms with Gasteiger partial charge in [0.2, 0.25) is 0 Å². The Morgan fingerprint density at radius 1 is 0.574 bits per heavy atom. The first kappa shape index (κ1) is 50.4. The van der Waals surface area contributed by atoms with Gasteiger partial charge in [0.25, 0.3) is 0 Å². The quantitative estimate of drug-likeness (QED) is 0.0581. The molecule has 0 spiro atoms. The van der Waals surface area contributed by atoms with Gasteiger partial charge in [-0.15, -0.1) is 0 Å². The lowest BCUT2D eigenvalue weighted by Crippen LogP contribution is -2.35. The minimum atomic E-state index is -1.26. The van der Waals surface area contributed by atoms with Crippen LogP contribution in [0.4, 0.5) is 0 Å². The topological polar surface area (TPSA) is 194 Å². The predicted molar refractivity (Wildman–Crippen MR) is 208 cm³/mol. The van der Waals surface area contributed by atoms with E-state index in [0.29, 0.717) is 77.0 Å². The van der Waals surface area contributed by atoms with Crippen LogP contribution >= 0.6 is 0 Å². The number of rotatable bonds is 26.